The summed E-state index contributed by atoms with van der Waals surface area (Å²) in [6.07, 6.45) is 1.61. The Morgan fingerprint density at radius 1 is 1.08 bits per heavy atom. The number of benzene rings is 2. The van der Waals surface area contributed by atoms with Crippen molar-refractivity contribution in [3.8, 4) is 6.07 Å². The minimum absolute atomic E-state index is 0.0672. The van der Waals surface area contributed by atoms with Crippen LogP contribution >= 0.6 is 0 Å². The van der Waals surface area contributed by atoms with Gasteiger partial charge in [-0.3, -0.25) is 0 Å². The van der Waals surface area contributed by atoms with Crippen molar-refractivity contribution < 1.29 is 8.42 Å². The fourth-order valence-electron chi connectivity index (χ4n) is 2.58. The van der Waals surface area contributed by atoms with Crippen LogP contribution < -0.4 is 4.72 Å². The van der Waals surface area contributed by atoms with Crippen LogP contribution in [0.15, 0.2) is 42.5 Å². The zero-order valence-corrected chi connectivity index (χ0v) is 14.9. The SMILES string of the molecule is Cc1ccc(CCCNS(=O)(=O)Cc2ccc(C#N)cc2)c(C)c1. The van der Waals surface area contributed by atoms with E-state index in [9.17, 15) is 8.42 Å². The van der Waals surface area contributed by atoms with Crippen molar-refractivity contribution in [1.82, 2.24) is 4.72 Å². The number of hydrogen-bond donors (Lipinski definition) is 1. The van der Waals surface area contributed by atoms with E-state index < -0.39 is 10.0 Å². The van der Waals surface area contributed by atoms with E-state index in [2.05, 4.69) is 36.8 Å². The smallest absolute Gasteiger partial charge is 0.215 e. The molecule has 0 heterocycles. The Labute approximate surface area is 144 Å². The van der Waals surface area contributed by atoms with Crippen molar-refractivity contribution in [2.24, 2.45) is 0 Å². The summed E-state index contributed by atoms with van der Waals surface area (Å²) in [5.74, 6) is -0.0672. The lowest BCUT2D eigenvalue weighted by molar-refractivity contribution is 0.578. The summed E-state index contributed by atoms with van der Waals surface area (Å²) in [6, 6.07) is 15.0. The molecule has 0 saturated heterocycles. The van der Waals surface area contributed by atoms with Gasteiger partial charge in [0.15, 0.2) is 0 Å². The second-order valence-corrected chi connectivity index (χ2v) is 7.80. The van der Waals surface area contributed by atoms with E-state index in [1.54, 1.807) is 24.3 Å². The first kappa shape index (κ1) is 18.2. The molecule has 0 aliphatic heterocycles. The molecular formula is C19H22N2O2S. The summed E-state index contributed by atoms with van der Waals surface area (Å²) in [4.78, 5) is 0. The summed E-state index contributed by atoms with van der Waals surface area (Å²) in [5.41, 5.74) is 4.94. The maximum absolute atomic E-state index is 12.1. The summed E-state index contributed by atoms with van der Waals surface area (Å²) in [6.45, 7) is 4.57. The Hall–Kier alpha value is -2.16. The maximum Gasteiger partial charge on any atom is 0.215 e. The molecule has 0 aliphatic rings. The first-order valence-electron chi connectivity index (χ1n) is 7.92. The lowest BCUT2D eigenvalue weighted by Crippen LogP contribution is -2.26. The molecule has 0 radical (unpaired) electrons. The average molecular weight is 342 g/mol. The minimum atomic E-state index is -3.36. The van der Waals surface area contributed by atoms with Crippen LogP contribution in [0.4, 0.5) is 0 Å². The van der Waals surface area contributed by atoms with Gasteiger partial charge in [0.2, 0.25) is 10.0 Å². The van der Waals surface area contributed by atoms with Gasteiger partial charge >= 0.3 is 0 Å². The monoisotopic (exact) mass is 342 g/mol. The summed E-state index contributed by atoms with van der Waals surface area (Å²) in [7, 11) is -3.36. The van der Waals surface area contributed by atoms with Crippen molar-refractivity contribution in [2.45, 2.75) is 32.4 Å². The van der Waals surface area contributed by atoms with E-state index in [-0.39, 0.29) is 5.75 Å². The van der Waals surface area contributed by atoms with Gasteiger partial charge in [-0.1, -0.05) is 35.9 Å². The molecule has 2 aromatic rings. The van der Waals surface area contributed by atoms with E-state index in [4.69, 9.17) is 5.26 Å². The van der Waals surface area contributed by atoms with Crippen LogP contribution in [0.3, 0.4) is 0 Å². The van der Waals surface area contributed by atoms with Gasteiger partial charge in [0, 0.05) is 6.54 Å². The van der Waals surface area contributed by atoms with Gasteiger partial charge in [-0.2, -0.15) is 5.26 Å². The number of sulfonamides is 1. The topological polar surface area (TPSA) is 70.0 Å². The number of hydrogen-bond acceptors (Lipinski definition) is 3. The van der Waals surface area contributed by atoms with E-state index in [0.29, 0.717) is 17.7 Å². The van der Waals surface area contributed by atoms with Gasteiger partial charge < -0.3 is 0 Å². The molecule has 0 unspecified atom stereocenters. The highest BCUT2D eigenvalue weighted by Gasteiger charge is 2.11. The Morgan fingerprint density at radius 3 is 2.42 bits per heavy atom. The fraction of sp³-hybridized carbons (Fsp3) is 0.316. The predicted molar refractivity (Wildman–Crippen MR) is 96.0 cm³/mol. The third-order valence-electron chi connectivity index (χ3n) is 3.88. The number of aryl methyl sites for hydroxylation is 3. The largest absolute Gasteiger partial charge is 0.215 e. The van der Waals surface area contributed by atoms with Crippen LogP contribution in [0.5, 0.6) is 0 Å². The zero-order valence-electron chi connectivity index (χ0n) is 14.0. The Balaban J connectivity index is 1.83. The molecule has 0 fully saturated rings. The normalized spacial score (nSPS) is 11.2. The van der Waals surface area contributed by atoms with Crippen molar-refractivity contribution in [3.05, 3.63) is 70.3 Å². The van der Waals surface area contributed by atoms with E-state index >= 15 is 0 Å². The fourth-order valence-corrected chi connectivity index (χ4v) is 3.77. The quantitative estimate of drug-likeness (QED) is 0.785. The van der Waals surface area contributed by atoms with E-state index in [1.165, 1.54) is 16.7 Å². The molecule has 5 heteroatoms. The average Bonchev–Trinajstić information content (AvgIpc) is 2.53. The molecule has 1 N–H and O–H groups in total. The highest BCUT2D eigenvalue weighted by atomic mass is 32.2. The van der Waals surface area contributed by atoms with Crippen LogP contribution in [0, 0.1) is 25.2 Å². The summed E-state index contributed by atoms with van der Waals surface area (Å²) < 4.78 is 26.8. The Morgan fingerprint density at radius 2 is 1.79 bits per heavy atom. The van der Waals surface area contributed by atoms with Crippen molar-refractivity contribution in [1.29, 1.82) is 5.26 Å². The molecule has 126 valence electrons. The Bertz CT molecular complexity index is 835. The van der Waals surface area contributed by atoms with Gasteiger partial charge in [0.1, 0.15) is 0 Å². The predicted octanol–water partition coefficient (Wildman–Crippen LogP) is 3.23. The third-order valence-corrected chi connectivity index (χ3v) is 5.24. The molecule has 0 aliphatic carbocycles. The lowest BCUT2D eigenvalue weighted by atomic mass is 10.0. The minimum Gasteiger partial charge on any atom is -0.215 e. The van der Waals surface area contributed by atoms with Gasteiger partial charge in [-0.25, -0.2) is 13.1 Å². The summed E-state index contributed by atoms with van der Waals surface area (Å²) >= 11 is 0. The van der Waals surface area contributed by atoms with E-state index in [1.807, 2.05) is 6.07 Å². The second-order valence-electron chi connectivity index (χ2n) is 6.00. The third kappa shape index (κ3) is 5.48. The molecule has 0 bridgehead atoms. The van der Waals surface area contributed by atoms with Gasteiger partial charge in [0.05, 0.1) is 17.4 Å². The van der Waals surface area contributed by atoms with Crippen molar-refractivity contribution in [2.75, 3.05) is 6.54 Å². The number of rotatable bonds is 7. The van der Waals surface area contributed by atoms with Crippen molar-refractivity contribution >= 4 is 10.0 Å². The molecule has 2 rings (SSSR count). The van der Waals surface area contributed by atoms with Gasteiger partial charge in [0.25, 0.3) is 0 Å². The lowest BCUT2D eigenvalue weighted by Gasteiger charge is -2.09. The first-order chi connectivity index (χ1) is 11.4. The highest BCUT2D eigenvalue weighted by molar-refractivity contribution is 7.88. The molecule has 0 atom stereocenters. The number of nitriles is 1. The number of nitrogens with zero attached hydrogens (tertiary/aromatic N) is 1. The molecule has 0 spiro atoms. The maximum atomic E-state index is 12.1. The first-order valence-corrected chi connectivity index (χ1v) is 9.57. The summed E-state index contributed by atoms with van der Waals surface area (Å²) in [5, 5.41) is 8.75. The Kier molecular flexibility index (Phi) is 6.13. The molecule has 0 amide bonds. The molecule has 4 nitrogen and oxygen atoms in total. The van der Waals surface area contributed by atoms with Crippen LogP contribution in [-0.4, -0.2) is 15.0 Å². The number of nitrogens with one attached hydrogen (secondary N) is 1. The molecule has 0 saturated carbocycles. The molecular weight excluding hydrogens is 320 g/mol. The second kappa shape index (κ2) is 8.09. The standard InChI is InChI=1S/C19H22N2O2S/c1-15-5-10-19(16(2)12-15)4-3-11-21-24(22,23)14-18-8-6-17(13-20)7-9-18/h5-10,12,21H,3-4,11,14H2,1-2H3. The van der Waals surface area contributed by atoms with E-state index in [0.717, 1.165) is 12.8 Å². The molecule has 2 aromatic carbocycles. The molecule has 24 heavy (non-hydrogen) atoms. The molecule has 0 aromatic heterocycles. The highest BCUT2D eigenvalue weighted by Crippen LogP contribution is 2.12. The van der Waals surface area contributed by atoms with Crippen LogP contribution in [-0.2, 0) is 22.2 Å². The zero-order chi connectivity index (χ0) is 17.6. The van der Waals surface area contributed by atoms with Crippen LogP contribution in [0.2, 0.25) is 0 Å². The van der Waals surface area contributed by atoms with Gasteiger partial charge in [-0.15, -0.1) is 0 Å². The van der Waals surface area contributed by atoms with Gasteiger partial charge in [-0.05, 0) is 55.5 Å². The van der Waals surface area contributed by atoms with Crippen LogP contribution in [0.1, 0.15) is 34.2 Å². The van der Waals surface area contributed by atoms with Crippen molar-refractivity contribution in [3.63, 3.8) is 0 Å². The van der Waals surface area contributed by atoms with Crippen LogP contribution in [0.25, 0.3) is 0 Å².